The number of nitrogens with two attached hydrogens (primary N) is 2. The van der Waals surface area contributed by atoms with E-state index in [2.05, 4.69) is 15.5 Å². The van der Waals surface area contributed by atoms with Crippen LogP contribution in [0.15, 0.2) is 62.0 Å². The highest BCUT2D eigenvalue weighted by atomic mass is 32.2. The van der Waals surface area contributed by atoms with Crippen LogP contribution in [0, 0.1) is 0 Å². The Bertz CT molecular complexity index is 1370. The highest BCUT2D eigenvalue weighted by Crippen LogP contribution is 2.40. The molecule has 38 heavy (non-hydrogen) atoms. The molecule has 2 aromatic rings. The van der Waals surface area contributed by atoms with Gasteiger partial charge in [0.15, 0.2) is 23.2 Å². The number of pyridine rings is 1. The van der Waals surface area contributed by atoms with Gasteiger partial charge in [-0.1, -0.05) is 16.9 Å². The third-order valence-corrected chi connectivity index (χ3v) is 8.02. The molecule has 13 nitrogen and oxygen atoms in total. The number of aliphatic carboxylic acids is 1. The number of oxime groups is 1. The third-order valence-electron chi connectivity index (χ3n) is 5.38. The van der Waals surface area contributed by atoms with E-state index < -0.39 is 35.8 Å². The van der Waals surface area contributed by atoms with E-state index >= 15 is 0 Å². The van der Waals surface area contributed by atoms with Gasteiger partial charge in [0.05, 0.1) is 6.04 Å². The number of carboxylic acids is 1. The summed E-state index contributed by atoms with van der Waals surface area (Å²) in [4.78, 5) is 60.1. The lowest BCUT2D eigenvalue weighted by molar-refractivity contribution is -0.684. The molecule has 3 amide bonds. The summed E-state index contributed by atoms with van der Waals surface area (Å²) in [6.07, 6.45) is 5.05. The number of carboxylic acid groups (broad SMARTS) is 1. The summed E-state index contributed by atoms with van der Waals surface area (Å²) in [6.45, 7) is 0.0682. The lowest BCUT2D eigenvalue weighted by Gasteiger charge is -2.49. The van der Waals surface area contributed by atoms with Crippen molar-refractivity contribution in [1.82, 2.24) is 15.2 Å². The van der Waals surface area contributed by atoms with Crippen molar-refractivity contribution in [1.29, 1.82) is 0 Å². The van der Waals surface area contributed by atoms with Crippen molar-refractivity contribution in [2.24, 2.45) is 10.9 Å². The molecule has 1 saturated heterocycles. The van der Waals surface area contributed by atoms with Crippen LogP contribution in [0.3, 0.4) is 0 Å². The van der Waals surface area contributed by atoms with Crippen molar-refractivity contribution >= 4 is 69.4 Å². The molecule has 16 heteroatoms. The van der Waals surface area contributed by atoms with Crippen LogP contribution in [-0.2, 0) is 30.6 Å². The molecule has 4 rings (SSSR count). The van der Waals surface area contributed by atoms with Gasteiger partial charge in [-0.3, -0.25) is 19.3 Å². The van der Waals surface area contributed by atoms with Crippen LogP contribution in [-0.4, -0.2) is 69.3 Å². The molecule has 2 unspecified atom stereocenters. The predicted octanol–water partition coefficient (Wildman–Crippen LogP) is -0.107. The Morgan fingerprint density at radius 1 is 1.39 bits per heavy atom. The predicted molar refractivity (Wildman–Crippen MR) is 141 cm³/mol. The number of anilines is 1. The second-order valence-corrected chi connectivity index (χ2v) is 10.8. The lowest BCUT2D eigenvalue weighted by Crippen LogP contribution is -2.72. The monoisotopic (exact) mass is 576 g/mol. The first-order chi connectivity index (χ1) is 18.2. The number of nitrogens with zero attached hydrogens (tertiary/aromatic N) is 4. The van der Waals surface area contributed by atoms with E-state index in [1.54, 1.807) is 40.6 Å². The Balaban J connectivity index is 1.45. The van der Waals surface area contributed by atoms with Crippen molar-refractivity contribution in [3.63, 3.8) is 0 Å². The number of β-lactam (4-membered cyclic amide) rings is 1. The average Bonchev–Trinajstić information content (AvgIpc) is 3.31. The van der Waals surface area contributed by atoms with Crippen LogP contribution < -0.4 is 21.4 Å². The van der Waals surface area contributed by atoms with Crippen LogP contribution >= 0.6 is 34.9 Å². The van der Waals surface area contributed by atoms with Gasteiger partial charge in [0.1, 0.15) is 24.5 Å². The standard InChI is InChI=1S/C22H21N7O6S3/c1-35-27-16(12-9-38-22(24)25-12)19(31)26-17-13-10-37-14(18(21(33)34)29(13)20(17)32)4-7-36-11-2-5-28(6-3-11)8-15(23)30/h2-7,9,13,17H,8,10H2,1H3,(H5-,23,24,25,26,30,31,33,34)/p+1/b7-4+,27-16+. The molecule has 2 aliphatic heterocycles. The summed E-state index contributed by atoms with van der Waals surface area (Å²) >= 11 is 3.74. The molecule has 2 atom stereocenters. The Morgan fingerprint density at radius 2 is 2.13 bits per heavy atom. The van der Waals surface area contributed by atoms with Crippen molar-refractivity contribution < 1.29 is 33.7 Å². The molecular weight excluding hydrogens is 554 g/mol. The molecule has 0 radical (unpaired) electrons. The molecule has 1 fully saturated rings. The number of thioether (sulfide) groups is 2. The van der Waals surface area contributed by atoms with E-state index in [1.807, 2.05) is 0 Å². The minimum Gasteiger partial charge on any atom is -0.477 e. The van der Waals surface area contributed by atoms with Gasteiger partial charge < -0.3 is 26.7 Å². The number of aromatic nitrogens is 2. The summed E-state index contributed by atoms with van der Waals surface area (Å²) in [6, 6.07) is 2.11. The van der Waals surface area contributed by atoms with Crippen molar-refractivity contribution in [3.8, 4) is 0 Å². The molecular formula is C22H22N7O6S3+. The summed E-state index contributed by atoms with van der Waals surface area (Å²) in [5.41, 5.74) is 10.7. The quantitative estimate of drug-likeness (QED) is 0.0975. The number of nitrogens with one attached hydrogen (secondary N) is 1. The summed E-state index contributed by atoms with van der Waals surface area (Å²) in [5.74, 6) is -2.57. The fraction of sp³-hybridized carbons (Fsp3) is 0.227. The van der Waals surface area contributed by atoms with Crippen molar-refractivity contribution in [3.05, 3.63) is 57.7 Å². The molecule has 0 aromatic carbocycles. The van der Waals surface area contributed by atoms with Crippen LogP contribution in [0.1, 0.15) is 5.69 Å². The molecule has 198 valence electrons. The van der Waals surface area contributed by atoms with E-state index in [0.717, 1.165) is 16.2 Å². The highest BCUT2D eigenvalue weighted by Gasteiger charge is 2.54. The maximum atomic E-state index is 13.0. The van der Waals surface area contributed by atoms with E-state index in [1.165, 1.54) is 40.9 Å². The fourth-order valence-corrected chi connectivity index (χ4v) is 6.18. The number of allylic oxidation sites excluding steroid dienone is 1. The van der Waals surface area contributed by atoms with Crippen LogP contribution in [0.5, 0.6) is 0 Å². The number of carbonyl (C=O) groups is 4. The first kappa shape index (κ1) is 27.2. The third kappa shape index (κ3) is 5.81. The normalized spacial score (nSPS) is 19.2. The largest absolute Gasteiger partial charge is 0.477 e. The number of fused-ring (bicyclic) bond motifs is 1. The number of carbonyl (C=O) groups excluding carboxylic acids is 3. The van der Waals surface area contributed by atoms with Gasteiger partial charge in [0, 0.05) is 33.1 Å². The van der Waals surface area contributed by atoms with E-state index in [4.69, 9.17) is 16.3 Å². The minimum atomic E-state index is -1.25. The minimum absolute atomic E-state index is 0.0682. The lowest BCUT2D eigenvalue weighted by atomic mass is 9.94. The van der Waals surface area contributed by atoms with Gasteiger partial charge in [0.2, 0.25) is 6.54 Å². The molecule has 6 N–H and O–H groups in total. The zero-order valence-corrected chi connectivity index (χ0v) is 22.2. The van der Waals surface area contributed by atoms with Crippen molar-refractivity contribution in [2.45, 2.75) is 23.5 Å². The van der Waals surface area contributed by atoms with Gasteiger partial charge in [0.25, 0.3) is 17.7 Å². The van der Waals surface area contributed by atoms with E-state index in [0.29, 0.717) is 10.7 Å². The molecule has 0 bridgehead atoms. The maximum absolute atomic E-state index is 13.0. The number of amides is 3. The molecule has 4 heterocycles. The van der Waals surface area contributed by atoms with Crippen molar-refractivity contribution in [2.75, 3.05) is 18.6 Å². The number of hydrogen-bond donors (Lipinski definition) is 4. The summed E-state index contributed by atoms with van der Waals surface area (Å²) in [5, 5.41) is 19.7. The van der Waals surface area contributed by atoms with E-state index in [-0.39, 0.29) is 28.8 Å². The van der Waals surface area contributed by atoms with Gasteiger partial charge in [-0.25, -0.2) is 9.78 Å². The number of rotatable bonds is 10. The Hall–Kier alpha value is -3.89. The first-order valence-electron chi connectivity index (χ1n) is 10.9. The second-order valence-electron chi connectivity index (χ2n) is 7.84. The zero-order chi connectivity index (χ0) is 27.4. The number of hydrogen-bond acceptors (Lipinski definition) is 11. The SMILES string of the molecule is CO/N=C(/C(=O)NC1C(=O)N2C(C(=O)O)=C(/C=C/Sc3cc[n+](CC(N)=O)cc3)SCC12)c1csc(N)n1. The fourth-order valence-electron chi connectivity index (χ4n) is 3.73. The second kappa shape index (κ2) is 11.7. The van der Waals surface area contributed by atoms with Gasteiger partial charge in [-0.2, -0.15) is 4.57 Å². The first-order valence-corrected chi connectivity index (χ1v) is 13.6. The molecule has 0 spiro atoms. The maximum Gasteiger partial charge on any atom is 0.353 e. The topological polar surface area (TPSA) is 194 Å². The molecule has 2 aliphatic rings. The van der Waals surface area contributed by atoms with Crippen LogP contribution in [0.2, 0.25) is 0 Å². The Morgan fingerprint density at radius 3 is 2.74 bits per heavy atom. The number of primary amides is 1. The average molecular weight is 577 g/mol. The highest BCUT2D eigenvalue weighted by molar-refractivity contribution is 8.04. The zero-order valence-electron chi connectivity index (χ0n) is 19.8. The molecule has 0 aliphatic carbocycles. The van der Waals surface area contributed by atoms with Gasteiger partial charge in [-0.15, -0.1) is 23.1 Å². The molecule has 2 aromatic heterocycles. The van der Waals surface area contributed by atoms with Crippen LogP contribution in [0.4, 0.5) is 5.13 Å². The smallest absolute Gasteiger partial charge is 0.353 e. The summed E-state index contributed by atoms with van der Waals surface area (Å²) in [7, 11) is 1.27. The Labute approximate surface area is 228 Å². The molecule has 0 saturated carbocycles. The van der Waals surface area contributed by atoms with Gasteiger partial charge in [-0.05, 0) is 11.5 Å². The number of thiazole rings is 1. The summed E-state index contributed by atoms with van der Waals surface area (Å²) < 4.78 is 1.64. The number of nitrogen functional groups attached to an aromatic ring is 1. The van der Waals surface area contributed by atoms with Crippen LogP contribution in [0.25, 0.3) is 0 Å². The van der Waals surface area contributed by atoms with E-state index in [9.17, 15) is 24.3 Å². The van der Waals surface area contributed by atoms with Gasteiger partial charge >= 0.3 is 5.97 Å². The Kier molecular flexibility index (Phi) is 8.33.